The van der Waals surface area contributed by atoms with Crippen molar-refractivity contribution in [2.24, 2.45) is 11.8 Å². The van der Waals surface area contributed by atoms with Crippen LogP contribution in [0.1, 0.15) is 53.9 Å². The molecule has 1 rings (SSSR count). The van der Waals surface area contributed by atoms with E-state index in [4.69, 9.17) is 0 Å². The minimum atomic E-state index is 0.0269. The lowest BCUT2D eigenvalue weighted by Gasteiger charge is -2.23. The minimum absolute atomic E-state index is 0.0269. The molecule has 1 aliphatic heterocycles. The molecule has 2 atom stereocenters. The Morgan fingerprint density at radius 2 is 1.94 bits per heavy atom. The molecule has 0 spiro atoms. The average Bonchev–Trinajstić information content (AvgIpc) is 2.56. The van der Waals surface area contributed by atoms with Crippen molar-refractivity contribution in [1.82, 2.24) is 10.2 Å². The predicted molar refractivity (Wildman–Crippen MR) is 71.6 cm³/mol. The van der Waals surface area contributed by atoms with Gasteiger partial charge in [-0.25, -0.2) is 0 Å². The van der Waals surface area contributed by atoms with Crippen molar-refractivity contribution in [2.75, 3.05) is 6.54 Å². The Hall–Kier alpha value is -0.570. The molecule has 0 bridgehead atoms. The number of amides is 1. The Morgan fingerprint density at radius 1 is 1.29 bits per heavy atom. The number of hydrogen-bond acceptors (Lipinski definition) is 2. The van der Waals surface area contributed by atoms with E-state index in [1.807, 2.05) is 4.90 Å². The fourth-order valence-corrected chi connectivity index (χ4v) is 2.45. The van der Waals surface area contributed by atoms with Gasteiger partial charge in [0.15, 0.2) is 0 Å². The molecule has 1 amide bonds. The molecule has 100 valence electrons. The summed E-state index contributed by atoms with van der Waals surface area (Å²) in [7, 11) is 0. The van der Waals surface area contributed by atoms with Gasteiger partial charge in [-0.15, -0.1) is 0 Å². The molecule has 0 aromatic heterocycles. The van der Waals surface area contributed by atoms with Crippen LogP contribution in [0.15, 0.2) is 0 Å². The molecular formula is C14H28N2O. The molecule has 3 heteroatoms. The third-order valence-corrected chi connectivity index (χ3v) is 3.53. The van der Waals surface area contributed by atoms with E-state index >= 15 is 0 Å². The molecule has 0 aromatic carbocycles. The van der Waals surface area contributed by atoms with Crippen molar-refractivity contribution in [2.45, 2.75) is 66.1 Å². The summed E-state index contributed by atoms with van der Waals surface area (Å²) in [6.45, 7) is 11.7. The number of nitrogens with one attached hydrogen (secondary N) is 1. The summed E-state index contributed by atoms with van der Waals surface area (Å²) in [6.07, 6.45) is 3.57. The zero-order chi connectivity index (χ0) is 13.0. The van der Waals surface area contributed by atoms with Crippen LogP contribution in [0, 0.1) is 11.8 Å². The SMILES string of the molecule is CCC1NC(C(C)C)C(=O)N1CCCC(C)C. The number of carbonyl (C=O) groups is 1. The first-order chi connectivity index (χ1) is 7.97. The number of rotatable bonds is 6. The standard InChI is InChI=1S/C14H28N2O/c1-6-12-15-13(11(4)5)14(17)16(12)9-7-8-10(2)3/h10-13,15H,6-9H2,1-5H3. The van der Waals surface area contributed by atoms with Crippen LogP contribution in [0.5, 0.6) is 0 Å². The Labute approximate surface area is 106 Å². The maximum absolute atomic E-state index is 12.3. The topological polar surface area (TPSA) is 32.3 Å². The fraction of sp³-hybridized carbons (Fsp3) is 0.929. The Balaban J connectivity index is 2.53. The number of carbonyl (C=O) groups excluding carboxylic acids is 1. The van der Waals surface area contributed by atoms with E-state index in [0.29, 0.717) is 11.8 Å². The molecule has 17 heavy (non-hydrogen) atoms. The molecule has 3 nitrogen and oxygen atoms in total. The zero-order valence-corrected chi connectivity index (χ0v) is 12.0. The second-order valence-electron chi connectivity index (χ2n) is 5.88. The van der Waals surface area contributed by atoms with Gasteiger partial charge >= 0.3 is 0 Å². The highest BCUT2D eigenvalue weighted by molar-refractivity contribution is 5.84. The van der Waals surface area contributed by atoms with Gasteiger partial charge in [-0.2, -0.15) is 0 Å². The lowest BCUT2D eigenvalue weighted by Crippen LogP contribution is -2.37. The van der Waals surface area contributed by atoms with Crippen molar-refractivity contribution in [3.05, 3.63) is 0 Å². The Bertz CT molecular complexity index is 251. The maximum atomic E-state index is 12.3. The lowest BCUT2D eigenvalue weighted by molar-refractivity contribution is -0.130. The van der Waals surface area contributed by atoms with Crippen LogP contribution in [0.4, 0.5) is 0 Å². The second-order valence-corrected chi connectivity index (χ2v) is 5.88. The lowest BCUT2D eigenvalue weighted by atomic mass is 10.0. The van der Waals surface area contributed by atoms with E-state index in [9.17, 15) is 4.79 Å². The summed E-state index contributed by atoms with van der Waals surface area (Å²) in [5.41, 5.74) is 0. The van der Waals surface area contributed by atoms with Gasteiger partial charge in [-0.3, -0.25) is 10.1 Å². The van der Waals surface area contributed by atoms with E-state index in [2.05, 4.69) is 39.9 Å². The quantitative estimate of drug-likeness (QED) is 0.774. The second kappa shape index (κ2) is 6.39. The van der Waals surface area contributed by atoms with Gasteiger partial charge in [-0.1, -0.05) is 34.6 Å². The Morgan fingerprint density at radius 3 is 2.41 bits per heavy atom. The van der Waals surface area contributed by atoms with Crippen molar-refractivity contribution in [3.63, 3.8) is 0 Å². The Kier molecular flexibility index (Phi) is 5.44. The minimum Gasteiger partial charge on any atom is -0.326 e. The largest absolute Gasteiger partial charge is 0.326 e. The molecule has 0 aliphatic carbocycles. The average molecular weight is 240 g/mol. The van der Waals surface area contributed by atoms with Crippen LogP contribution in [-0.2, 0) is 4.79 Å². The van der Waals surface area contributed by atoms with E-state index in [1.165, 1.54) is 6.42 Å². The molecule has 0 aromatic rings. The van der Waals surface area contributed by atoms with E-state index in [-0.39, 0.29) is 12.2 Å². The highest BCUT2D eigenvalue weighted by Gasteiger charge is 2.38. The highest BCUT2D eigenvalue weighted by atomic mass is 16.2. The summed E-state index contributed by atoms with van der Waals surface area (Å²) in [6, 6.07) is 0.0269. The number of hydrogen-bond donors (Lipinski definition) is 1. The summed E-state index contributed by atoms with van der Waals surface area (Å²) < 4.78 is 0. The molecule has 1 saturated heterocycles. The molecule has 0 radical (unpaired) electrons. The third kappa shape index (κ3) is 3.70. The van der Waals surface area contributed by atoms with Crippen LogP contribution < -0.4 is 5.32 Å². The van der Waals surface area contributed by atoms with E-state index in [1.54, 1.807) is 0 Å². The van der Waals surface area contributed by atoms with Crippen molar-refractivity contribution >= 4 is 5.91 Å². The fourth-order valence-electron chi connectivity index (χ4n) is 2.45. The van der Waals surface area contributed by atoms with Gasteiger partial charge in [0.05, 0.1) is 12.2 Å². The first-order valence-corrected chi connectivity index (χ1v) is 7.03. The zero-order valence-electron chi connectivity index (χ0n) is 12.0. The summed E-state index contributed by atoms with van der Waals surface area (Å²) in [5, 5.41) is 3.45. The first-order valence-electron chi connectivity index (χ1n) is 7.03. The molecule has 1 fully saturated rings. The normalized spacial score (nSPS) is 25.4. The monoisotopic (exact) mass is 240 g/mol. The van der Waals surface area contributed by atoms with Crippen LogP contribution in [-0.4, -0.2) is 29.6 Å². The van der Waals surface area contributed by atoms with Crippen molar-refractivity contribution < 1.29 is 4.79 Å². The van der Waals surface area contributed by atoms with E-state index in [0.717, 1.165) is 25.3 Å². The van der Waals surface area contributed by atoms with Gasteiger partial charge < -0.3 is 4.90 Å². The van der Waals surface area contributed by atoms with Crippen molar-refractivity contribution in [1.29, 1.82) is 0 Å². The molecule has 1 aliphatic rings. The van der Waals surface area contributed by atoms with Gasteiger partial charge in [0, 0.05) is 6.54 Å². The highest BCUT2D eigenvalue weighted by Crippen LogP contribution is 2.19. The smallest absolute Gasteiger partial charge is 0.241 e. The van der Waals surface area contributed by atoms with Crippen LogP contribution in [0.3, 0.4) is 0 Å². The van der Waals surface area contributed by atoms with Gasteiger partial charge in [-0.05, 0) is 31.1 Å². The molecule has 1 N–H and O–H groups in total. The predicted octanol–water partition coefficient (Wildman–Crippen LogP) is 2.62. The summed E-state index contributed by atoms with van der Waals surface area (Å²) in [5.74, 6) is 1.41. The van der Waals surface area contributed by atoms with Gasteiger partial charge in [0.2, 0.25) is 5.91 Å². The van der Waals surface area contributed by atoms with E-state index < -0.39 is 0 Å². The van der Waals surface area contributed by atoms with Crippen LogP contribution in [0.25, 0.3) is 0 Å². The molecular weight excluding hydrogens is 212 g/mol. The molecule has 2 unspecified atom stereocenters. The third-order valence-electron chi connectivity index (χ3n) is 3.53. The summed E-state index contributed by atoms with van der Waals surface area (Å²) >= 11 is 0. The molecule has 0 saturated carbocycles. The maximum Gasteiger partial charge on any atom is 0.241 e. The summed E-state index contributed by atoms with van der Waals surface area (Å²) in [4.78, 5) is 14.3. The number of nitrogens with zero attached hydrogens (tertiary/aromatic N) is 1. The van der Waals surface area contributed by atoms with Crippen LogP contribution >= 0.6 is 0 Å². The van der Waals surface area contributed by atoms with Gasteiger partial charge in [0.25, 0.3) is 0 Å². The van der Waals surface area contributed by atoms with Crippen molar-refractivity contribution in [3.8, 4) is 0 Å². The van der Waals surface area contributed by atoms with Crippen LogP contribution in [0.2, 0.25) is 0 Å². The first kappa shape index (κ1) is 14.5. The van der Waals surface area contributed by atoms with Gasteiger partial charge in [0.1, 0.15) is 0 Å². The molecule has 1 heterocycles.